The number of carbonyl (C=O) groups is 1. The minimum Gasteiger partial charge on any atom is -0.394 e. The van der Waals surface area contributed by atoms with E-state index in [1.54, 1.807) is 0 Å². The van der Waals surface area contributed by atoms with Gasteiger partial charge in [-0.3, -0.25) is 4.79 Å². The van der Waals surface area contributed by atoms with E-state index in [4.69, 9.17) is 0 Å². The number of hydrogen-bond acceptors (Lipinski definition) is 3. The van der Waals surface area contributed by atoms with Crippen molar-refractivity contribution in [2.45, 2.75) is 379 Å². The first-order valence-corrected chi connectivity index (χ1v) is 30.7. The highest BCUT2D eigenvalue weighted by atomic mass is 16.3. The minimum absolute atomic E-state index is 0.0216. The van der Waals surface area contributed by atoms with E-state index in [2.05, 4.69) is 19.2 Å². The van der Waals surface area contributed by atoms with E-state index in [1.807, 2.05) is 0 Å². The van der Waals surface area contributed by atoms with Gasteiger partial charge in [-0.1, -0.05) is 348 Å². The molecule has 2 unspecified atom stereocenters. The summed E-state index contributed by atoms with van der Waals surface area (Å²) in [5, 5.41) is 23.4. The number of rotatable bonds is 58. The predicted molar refractivity (Wildman–Crippen MR) is 290 cm³/mol. The molecule has 0 bridgehead atoms. The Morgan fingerprint density at radius 3 is 0.692 bits per heavy atom. The van der Waals surface area contributed by atoms with Crippen LogP contribution in [0.15, 0.2) is 0 Å². The summed E-state index contributed by atoms with van der Waals surface area (Å²) in [5.41, 5.74) is 0. The summed E-state index contributed by atoms with van der Waals surface area (Å²) < 4.78 is 0. The molecule has 1 amide bonds. The van der Waals surface area contributed by atoms with Crippen LogP contribution in [-0.4, -0.2) is 34.9 Å². The maximum atomic E-state index is 12.5. The van der Waals surface area contributed by atoms with Crippen molar-refractivity contribution >= 4 is 5.91 Å². The van der Waals surface area contributed by atoms with Crippen molar-refractivity contribution in [3.05, 3.63) is 0 Å². The fraction of sp³-hybridized carbons (Fsp3) is 0.984. The molecule has 390 valence electrons. The zero-order valence-corrected chi connectivity index (χ0v) is 45.1. The third-order valence-electron chi connectivity index (χ3n) is 14.9. The number of carbonyl (C=O) groups excluding carboxylic acids is 1. The molecule has 0 spiro atoms. The predicted octanol–water partition coefficient (Wildman–Crippen LogP) is 20.3. The number of amides is 1. The second-order valence-corrected chi connectivity index (χ2v) is 21.5. The molecule has 0 fully saturated rings. The van der Waals surface area contributed by atoms with Crippen LogP contribution in [-0.2, 0) is 4.79 Å². The first-order chi connectivity index (χ1) is 32.2. The summed E-state index contributed by atoms with van der Waals surface area (Å²) in [6.45, 7) is 4.41. The van der Waals surface area contributed by atoms with Crippen molar-refractivity contribution in [1.82, 2.24) is 5.32 Å². The molecular formula is C61H123NO3. The summed E-state index contributed by atoms with van der Waals surface area (Å²) >= 11 is 0. The molecule has 4 heteroatoms. The lowest BCUT2D eigenvalue weighted by Gasteiger charge is -2.22. The first-order valence-electron chi connectivity index (χ1n) is 30.7. The fourth-order valence-corrected chi connectivity index (χ4v) is 10.2. The van der Waals surface area contributed by atoms with Crippen LogP contribution in [0, 0.1) is 0 Å². The summed E-state index contributed by atoms with van der Waals surface area (Å²) in [4.78, 5) is 12.5. The molecule has 4 nitrogen and oxygen atoms in total. The number of unbranched alkanes of at least 4 members (excludes halogenated alkanes) is 51. The van der Waals surface area contributed by atoms with Gasteiger partial charge in [0.2, 0.25) is 5.91 Å². The van der Waals surface area contributed by atoms with Crippen LogP contribution in [0.1, 0.15) is 367 Å². The van der Waals surface area contributed by atoms with Crippen LogP contribution in [0.4, 0.5) is 0 Å². The number of aliphatic hydroxyl groups excluding tert-OH is 2. The molecule has 0 aromatic heterocycles. The molecule has 0 aliphatic carbocycles. The Balaban J connectivity index is 3.36. The Kier molecular flexibility index (Phi) is 57.2. The molecule has 0 rings (SSSR count). The van der Waals surface area contributed by atoms with E-state index in [0.29, 0.717) is 12.8 Å². The molecule has 0 aromatic carbocycles. The average molecular weight is 919 g/mol. The van der Waals surface area contributed by atoms with Crippen LogP contribution in [0.5, 0.6) is 0 Å². The number of hydrogen-bond donors (Lipinski definition) is 3. The van der Waals surface area contributed by atoms with E-state index in [-0.39, 0.29) is 12.5 Å². The molecule has 0 saturated carbocycles. The van der Waals surface area contributed by atoms with Crippen LogP contribution >= 0.6 is 0 Å². The maximum Gasteiger partial charge on any atom is 0.220 e. The topological polar surface area (TPSA) is 69.6 Å². The molecule has 0 aromatic rings. The molecule has 0 heterocycles. The van der Waals surface area contributed by atoms with Gasteiger partial charge < -0.3 is 15.5 Å². The zero-order valence-electron chi connectivity index (χ0n) is 45.1. The van der Waals surface area contributed by atoms with E-state index in [1.165, 1.54) is 315 Å². The summed E-state index contributed by atoms with van der Waals surface area (Å²) in [6, 6.07) is -0.532. The van der Waals surface area contributed by atoms with Gasteiger partial charge in [-0.2, -0.15) is 0 Å². The van der Waals surface area contributed by atoms with Crippen LogP contribution in [0.25, 0.3) is 0 Å². The van der Waals surface area contributed by atoms with Crippen molar-refractivity contribution in [3.8, 4) is 0 Å². The van der Waals surface area contributed by atoms with E-state index in [9.17, 15) is 15.0 Å². The smallest absolute Gasteiger partial charge is 0.220 e. The van der Waals surface area contributed by atoms with Gasteiger partial charge in [0.25, 0.3) is 0 Å². The Bertz CT molecular complexity index is 864. The van der Waals surface area contributed by atoms with Gasteiger partial charge in [-0.25, -0.2) is 0 Å². The molecule has 3 N–H and O–H groups in total. The third-order valence-corrected chi connectivity index (χ3v) is 14.9. The van der Waals surface area contributed by atoms with Gasteiger partial charge in [-0.05, 0) is 12.8 Å². The van der Waals surface area contributed by atoms with Gasteiger partial charge >= 0.3 is 0 Å². The van der Waals surface area contributed by atoms with Gasteiger partial charge in [0, 0.05) is 6.42 Å². The minimum atomic E-state index is -0.655. The Morgan fingerprint density at radius 2 is 0.492 bits per heavy atom. The number of nitrogens with one attached hydrogen (secondary N) is 1. The van der Waals surface area contributed by atoms with Crippen molar-refractivity contribution in [2.75, 3.05) is 6.61 Å². The lowest BCUT2D eigenvalue weighted by molar-refractivity contribution is -0.123. The first kappa shape index (κ1) is 64.4. The maximum absolute atomic E-state index is 12.5. The van der Waals surface area contributed by atoms with E-state index < -0.39 is 12.1 Å². The normalized spacial score (nSPS) is 12.6. The van der Waals surface area contributed by atoms with E-state index in [0.717, 1.165) is 25.7 Å². The monoisotopic (exact) mass is 918 g/mol. The van der Waals surface area contributed by atoms with Gasteiger partial charge in [0.1, 0.15) is 0 Å². The standard InChI is InChI=1S/C61H123NO3/c1-3-5-7-9-11-13-15-17-19-21-23-25-26-27-28-29-30-31-32-33-34-35-36-37-38-40-42-44-46-48-50-52-54-56-60(64)59(58-63)62-61(65)57-55-53-51-49-47-45-43-41-39-24-22-20-18-16-14-12-10-8-6-4-2/h59-60,63-64H,3-58H2,1-2H3,(H,62,65). The quantitative estimate of drug-likeness (QED) is 0.0533. The highest BCUT2D eigenvalue weighted by molar-refractivity contribution is 5.76. The zero-order chi connectivity index (χ0) is 47.0. The van der Waals surface area contributed by atoms with Crippen molar-refractivity contribution in [2.24, 2.45) is 0 Å². The summed E-state index contributed by atoms with van der Waals surface area (Å²) in [5.74, 6) is -0.0216. The Labute approximate surface area is 410 Å². The highest BCUT2D eigenvalue weighted by Crippen LogP contribution is 2.19. The second kappa shape index (κ2) is 57.7. The molecule has 0 aliphatic heterocycles. The largest absolute Gasteiger partial charge is 0.394 e. The lowest BCUT2D eigenvalue weighted by Crippen LogP contribution is -2.45. The number of aliphatic hydroxyl groups is 2. The lowest BCUT2D eigenvalue weighted by atomic mass is 10.0. The van der Waals surface area contributed by atoms with Crippen molar-refractivity contribution in [1.29, 1.82) is 0 Å². The van der Waals surface area contributed by atoms with Crippen LogP contribution in [0.3, 0.4) is 0 Å². The summed E-state index contributed by atoms with van der Waals surface area (Å²) in [6.07, 6.45) is 74.1. The summed E-state index contributed by atoms with van der Waals surface area (Å²) in [7, 11) is 0. The molecule has 65 heavy (non-hydrogen) atoms. The molecule has 0 radical (unpaired) electrons. The third kappa shape index (κ3) is 54.2. The average Bonchev–Trinajstić information content (AvgIpc) is 3.31. The molecule has 0 saturated heterocycles. The second-order valence-electron chi connectivity index (χ2n) is 21.5. The van der Waals surface area contributed by atoms with Gasteiger partial charge in [0.15, 0.2) is 0 Å². The van der Waals surface area contributed by atoms with Crippen LogP contribution < -0.4 is 5.32 Å². The highest BCUT2D eigenvalue weighted by Gasteiger charge is 2.20. The Hall–Kier alpha value is -0.610. The van der Waals surface area contributed by atoms with Gasteiger partial charge in [0.05, 0.1) is 18.8 Å². The van der Waals surface area contributed by atoms with Crippen LogP contribution in [0.2, 0.25) is 0 Å². The molecule has 0 aliphatic rings. The van der Waals surface area contributed by atoms with Crippen molar-refractivity contribution < 1.29 is 15.0 Å². The fourth-order valence-electron chi connectivity index (χ4n) is 10.2. The van der Waals surface area contributed by atoms with E-state index >= 15 is 0 Å². The molecule has 2 atom stereocenters. The SMILES string of the molecule is CCCCCCCCCCCCCCCCCCCCCCCCCCCCCCCCCCCC(O)C(CO)NC(=O)CCCCCCCCCCCCCCCCCCCCCC. The van der Waals surface area contributed by atoms with Crippen molar-refractivity contribution in [3.63, 3.8) is 0 Å². The Morgan fingerprint density at radius 1 is 0.308 bits per heavy atom. The molecular weight excluding hydrogens is 795 g/mol. The van der Waals surface area contributed by atoms with Gasteiger partial charge in [-0.15, -0.1) is 0 Å².